The lowest BCUT2D eigenvalue weighted by molar-refractivity contribution is 1.27. The van der Waals surface area contributed by atoms with Crippen LogP contribution in [0.3, 0.4) is 0 Å². The molecular formula is C10H15N. The molecule has 0 atom stereocenters. The first kappa shape index (κ1) is 9.89. The van der Waals surface area contributed by atoms with Crippen LogP contribution >= 0.6 is 0 Å². The molecule has 0 aromatic rings. The molecule has 0 aromatic carbocycles. The summed E-state index contributed by atoms with van der Waals surface area (Å²) in [7, 11) is 0. The van der Waals surface area contributed by atoms with E-state index in [4.69, 9.17) is 0 Å². The Bertz CT molecular complexity index is 207. The van der Waals surface area contributed by atoms with Crippen LogP contribution in [-0.2, 0) is 0 Å². The summed E-state index contributed by atoms with van der Waals surface area (Å²) in [6.07, 6.45) is 7.56. The number of nitrogens with zero attached hydrogens (tertiary/aromatic N) is 1. The second-order valence-corrected chi connectivity index (χ2v) is 2.13. The smallest absolute Gasteiger partial charge is 0.0440 e. The molecule has 0 aliphatic heterocycles. The van der Waals surface area contributed by atoms with Crippen molar-refractivity contribution in [3.05, 3.63) is 36.1 Å². The molecule has 0 spiro atoms. The summed E-state index contributed by atoms with van der Waals surface area (Å²) in [6, 6.07) is 0. The minimum absolute atomic E-state index is 1.00. The molecule has 0 aliphatic rings. The third-order valence-corrected chi connectivity index (χ3v) is 1.31. The van der Waals surface area contributed by atoms with E-state index in [2.05, 4.69) is 11.6 Å². The maximum atomic E-state index is 4.15. The van der Waals surface area contributed by atoms with Crippen LogP contribution in [0.15, 0.2) is 41.1 Å². The average molecular weight is 149 g/mol. The second kappa shape index (κ2) is 5.66. The zero-order valence-electron chi connectivity index (χ0n) is 7.46. The van der Waals surface area contributed by atoms with Crippen molar-refractivity contribution in [1.82, 2.24) is 0 Å². The van der Waals surface area contributed by atoms with E-state index >= 15 is 0 Å². The zero-order valence-corrected chi connectivity index (χ0v) is 7.46. The largest absolute Gasteiger partial charge is 0.266 e. The van der Waals surface area contributed by atoms with Crippen LogP contribution in [0.2, 0.25) is 0 Å². The molecule has 11 heavy (non-hydrogen) atoms. The van der Waals surface area contributed by atoms with Gasteiger partial charge in [-0.05, 0) is 26.3 Å². The third kappa shape index (κ3) is 3.56. The Kier molecular flexibility index (Phi) is 5.09. The van der Waals surface area contributed by atoms with Gasteiger partial charge >= 0.3 is 0 Å². The summed E-state index contributed by atoms with van der Waals surface area (Å²) in [4.78, 5) is 4.15. The van der Waals surface area contributed by atoms with Gasteiger partial charge in [-0.25, -0.2) is 0 Å². The van der Waals surface area contributed by atoms with Crippen molar-refractivity contribution in [3.8, 4) is 0 Å². The van der Waals surface area contributed by atoms with E-state index in [0.717, 1.165) is 11.3 Å². The van der Waals surface area contributed by atoms with Crippen LogP contribution in [0.25, 0.3) is 0 Å². The molecule has 0 radical (unpaired) electrons. The standard InChI is InChI=1S/C10H15N/c1-5-8-10(6-2)9(4)11-7-3/h5-8H,2H2,1,3-4H3/b8-5-,10-9-,11-7?. The summed E-state index contributed by atoms with van der Waals surface area (Å²) in [5, 5.41) is 0. The molecule has 0 aromatic heterocycles. The van der Waals surface area contributed by atoms with Gasteiger partial charge in [0.1, 0.15) is 0 Å². The predicted molar refractivity (Wildman–Crippen MR) is 51.9 cm³/mol. The predicted octanol–water partition coefficient (Wildman–Crippen LogP) is 3.11. The highest BCUT2D eigenvalue weighted by Gasteiger charge is 1.89. The van der Waals surface area contributed by atoms with E-state index in [-0.39, 0.29) is 0 Å². The maximum Gasteiger partial charge on any atom is 0.0440 e. The summed E-state index contributed by atoms with van der Waals surface area (Å²) in [5.41, 5.74) is 2.08. The fourth-order valence-electron chi connectivity index (χ4n) is 0.784. The molecular weight excluding hydrogens is 134 g/mol. The average Bonchev–Trinajstić information content (AvgIpc) is 2.00. The van der Waals surface area contributed by atoms with Gasteiger partial charge in [0.2, 0.25) is 0 Å². The van der Waals surface area contributed by atoms with Crippen molar-refractivity contribution < 1.29 is 0 Å². The fraction of sp³-hybridized carbons (Fsp3) is 0.300. The van der Waals surface area contributed by atoms with Gasteiger partial charge in [-0.2, -0.15) is 0 Å². The quantitative estimate of drug-likeness (QED) is 0.432. The van der Waals surface area contributed by atoms with Crippen LogP contribution < -0.4 is 0 Å². The van der Waals surface area contributed by atoms with Gasteiger partial charge in [0.15, 0.2) is 0 Å². The number of hydrogen-bond donors (Lipinski definition) is 0. The summed E-state index contributed by atoms with van der Waals surface area (Å²) >= 11 is 0. The molecule has 0 amide bonds. The van der Waals surface area contributed by atoms with E-state index in [1.165, 1.54) is 0 Å². The molecule has 0 aliphatic carbocycles. The van der Waals surface area contributed by atoms with Crippen molar-refractivity contribution in [2.24, 2.45) is 4.99 Å². The molecule has 0 saturated carbocycles. The number of aliphatic imine (C=N–C) groups is 1. The van der Waals surface area contributed by atoms with Crippen LogP contribution in [-0.4, -0.2) is 6.21 Å². The lowest BCUT2D eigenvalue weighted by atomic mass is 10.2. The van der Waals surface area contributed by atoms with Crippen molar-refractivity contribution >= 4 is 6.21 Å². The molecule has 0 saturated heterocycles. The molecule has 1 heteroatoms. The van der Waals surface area contributed by atoms with E-state index in [9.17, 15) is 0 Å². The van der Waals surface area contributed by atoms with Crippen molar-refractivity contribution in [2.45, 2.75) is 20.8 Å². The van der Waals surface area contributed by atoms with Gasteiger partial charge in [-0.15, -0.1) is 0 Å². The van der Waals surface area contributed by atoms with Gasteiger partial charge < -0.3 is 0 Å². The molecule has 0 N–H and O–H groups in total. The van der Waals surface area contributed by atoms with Gasteiger partial charge in [-0.1, -0.05) is 24.8 Å². The lowest BCUT2D eigenvalue weighted by Crippen LogP contribution is -1.77. The number of allylic oxidation sites excluding steroid dienone is 5. The Labute approximate surface area is 68.9 Å². The monoisotopic (exact) mass is 149 g/mol. The van der Waals surface area contributed by atoms with Gasteiger partial charge in [0, 0.05) is 11.9 Å². The third-order valence-electron chi connectivity index (χ3n) is 1.31. The topological polar surface area (TPSA) is 12.4 Å². The van der Waals surface area contributed by atoms with Gasteiger partial charge in [0.05, 0.1) is 0 Å². The van der Waals surface area contributed by atoms with E-state index in [1.807, 2.05) is 39.0 Å². The minimum atomic E-state index is 1.00. The van der Waals surface area contributed by atoms with E-state index < -0.39 is 0 Å². The van der Waals surface area contributed by atoms with E-state index in [1.54, 1.807) is 6.21 Å². The SMILES string of the molecule is C=CC(/C=C\C)=C(\C)N=CC. The number of rotatable bonds is 3. The molecule has 1 nitrogen and oxygen atoms in total. The Morgan fingerprint density at radius 3 is 2.36 bits per heavy atom. The van der Waals surface area contributed by atoms with Gasteiger partial charge in [-0.3, -0.25) is 4.99 Å². The van der Waals surface area contributed by atoms with Crippen molar-refractivity contribution in [1.29, 1.82) is 0 Å². The Morgan fingerprint density at radius 2 is 2.00 bits per heavy atom. The molecule has 0 unspecified atom stereocenters. The molecule has 0 rings (SSSR count). The van der Waals surface area contributed by atoms with Gasteiger partial charge in [0.25, 0.3) is 0 Å². The van der Waals surface area contributed by atoms with Crippen molar-refractivity contribution in [3.63, 3.8) is 0 Å². The summed E-state index contributed by atoms with van der Waals surface area (Å²) in [5.74, 6) is 0. The Morgan fingerprint density at radius 1 is 1.36 bits per heavy atom. The number of hydrogen-bond acceptors (Lipinski definition) is 1. The zero-order chi connectivity index (χ0) is 8.69. The summed E-state index contributed by atoms with van der Waals surface area (Å²) in [6.45, 7) is 9.55. The normalized spacial score (nSPS) is 14.1. The van der Waals surface area contributed by atoms with Crippen LogP contribution in [0.1, 0.15) is 20.8 Å². The van der Waals surface area contributed by atoms with Crippen LogP contribution in [0.4, 0.5) is 0 Å². The molecule has 0 heterocycles. The highest BCUT2D eigenvalue weighted by Crippen LogP contribution is 2.07. The van der Waals surface area contributed by atoms with Crippen LogP contribution in [0, 0.1) is 0 Å². The molecule has 0 bridgehead atoms. The highest BCUT2D eigenvalue weighted by molar-refractivity contribution is 5.56. The first-order chi connectivity index (χ1) is 5.26. The summed E-state index contributed by atoms with van der Waals surface area (Å²) < 4.78 is 0. The first-order valence-corrected chi connectivity index (χ1v) is 3.71. The Balaban J connectivity index is 4.66. The van der Waals surface area contributed by atoms with E-state index in [0.29, 0.717) is 0 Å². The fourth-order valence-corrected chi connectivity index (χ4v) is 0.784. The second-order valence-electron chi connectivity index (χ2n) is 2.13. The molecule has 0 fully saturated rings. The minimum Gasteiger partial charge on any atom is -0.266 e. The van der Waals surface area contributed by atoms with Crippen LogP contribution in [0.5, 0.6) is 0 Å². The maximum absolute atomic E-state index is 4.15. The Hall–Kier alpha value is -1.11. The highest BCUT2D eigenvalue weighted by atomic mass is 14.7. The van der Waals surface area contributed by atoms with Crippen molar-refractivity contribution in [2.75, 3.05) is 0 Å². The first-order valence-electron chi connectivity index (χ1n) is 3.71. The molecule has 60 valence electrons. The lowest BCUT2D eigenvalue weighted by Gasteiger charge is -1.95.